The summed E-state index contributed by atoms with van der Waals surface area (Å²) in [5.41, 5.74) is 3.30. The molecule has 0 aliphatic rings. The van der Waals surface area contributed by atoms with Crippen molar-refractivity contribution in [3.8, 4) is 5.75 Å². The summed E-state index contributed by atoms with van der Waals surface area (Å²) in [6.07, 6.45) is 1.60. The third-order valence-corrected chi connectivity index (χ3v) is 5.50. The van der Waals surface area contributed by atoms with Crippen LogP contribution in [-0.2, 0) is 18.4 Å². The Labute approximate surface area is 195 Å². The molecule has 0 saturated heterocycles. The molecule has 0 atom stereocenters. The zero-order chi connectivity index (χ0) is 23.5. The van der Waals surface area contributed by atoms with E-state index in [4.69, 9.17) is 21.1 Å². The molecule has 2 aromatic heterocycles. The highest BCUT2D eigenvalue weighted by atomic mass is 35.5. The summed E-state index contributed by atoms with van der Waals surface area (Å²) in [7, 11) is 1.79. The van der Waals surface area contributed by atoms with Gasteiger partial charge in [-0.1, -0.05) is 23.7 Å². The normalized spacial score (nSPS) is 10.9. The standard InChI is InChI=1S/C24H22ClFN4O3/c1-4-32-24(31)22-14(2)21-19(30(22)3)12-27-29-23(21)28-17-8-9-20(18(25)11-17)33-13-15-6-5-7-16(26)10-15/h5-12H,4,13H2,1-3H3,(H,28,29). The number of nitrogens with zero attached hydrogens (tertiary/aromatic N) is 3. The second-order valence-corrected chi connectivity index (χ2v) is 7.80. The Kier molecular flexibility index (Phi) is 6.46. The van der Waals surface area contributed by atoms with Gasteiger partial charge in [0.25, 0.3) is 0 Å². The number of aryl methyl sites for hydroxylation is 2. The first-order valence-electron chi connectivity index (χ1n) is 10.3. The topological polar surface area (TPSA) is 78.3 Å². The van der Waals surface area contributed by atoms with Crippen LogP contribution in [0.5, 0.6) is 5.75 Å². The Hall–Kier alpha value is -3.65. The van der Waals surface area contributed by atoms with Gasteiger partial charge in [-0.05, 0) is 55.3 Å². The second kappa shape index (κ2) is 9.46. The number of fused-ring (bicyclic) bond motifs is 1. The summed E-state index contributed by atoms with van der Waals surface area (Å²) < 4.78 is 26.0. The Bertz CT molecular complexity index is 1340. The van der Waals surface area contributed by atoms with Gasteiger partial charge in [-0.25, -0.2) is 9.18 Å². The minimum atomic E-state index is -0.400. The van der Waals surface area contributed by atoms with Gasteiger partial charge in [0.05, 0.1) is 23.3 Å². The van der Waals surface area contributed by atoms with Crippen molar-refractivity contribution in [3.63, 3.8) is 0 Å². The summed E-state index contributed by atoms with van der Waals surface area (Å²) >= 11 is 6.41. The number of carbonyl (C=O) groups is 1. The molecule has 4 aromatic rings. The largest absolute Gasteiger partial charge is 0.487 e. The number of ether oxygens (including phenoxy) is 2. The lowest BCUT2D eigenvalue weighted by Crippen LogP contribution is -2.11. The van der Waals surface area contributed by atoms with Gasteiger partial charge >= 0.3 is 5.97 Å². The highest BCUT2D eigenvalue weighted by molar-refractivity contribution is 6.32. The number of hydrogen-bond donors (Lipinski definition) is 1. The first-order chi connectivity index (χ1) is 15.9. The fraction of sp³-hybridized carbons (Fsp3) is 0.208. The lowest BCUT2D eigenvalue weighted by Gasteiger charge is -2.11. The third-order valence-electron chi connectivity index (χ3n) is 5.20. The summed E-state index contributed by atoms with van der Waals surface area (Å²) in [4.78, 5) is 12.4. The fourth-order valence-corrected chi connectivity index (χ4v) is 3.92. The molecule has 2 aromatic carbocycles. The van der Waals surface area contributed by atoms with E-state index in [9.17, 15) is 9.18 Å². The van der Waals surface area contributed by atoms with E-state index in [0.29, 0.717) is 33.5 Å². The molecule has 0 aliphatic heterocycles. The number of benzene rings is 2. The van der Waals surface area contributed by atoms with Gasteiger partial charge in [-0.2, -0.15) is 5.10 Å². The average Bonchev–Trinajstić information content (AvgIpc) is 3.04. The van der Waals surface area contributed by atoms with E-state index in [1.807, 2.05) is 6.92 Å². The van der Waals surface area contributed by atoms with E-state index in [0.717, 1.165) is 16.5 Å². The molecule has 0 unspecified atom stereocenters. The Morgan fingerprint density at radius 2 is 2.06 bits per heavy atom. The first-order valence-corrected chi connectivity index (χ1v) is 10.7. The molecule has 170 valence electrons. The van der Waals surface area contributed by atoms with E-state index in [-0.39, 0.29) is 19.0 Å². The molecule has 0 aliphatic carbocycles. The zero-order valence-corrected chi connectivity index (χ0v) is 19.1. The smallest absolute Gasteiger partial charge is 0.355 e. The highest BCUT2D eigenvalue weighted by Crippen LogP contribution is 2.33. The van der Waals surface area contributed by atoms with Crippen LogP contribution in [0.25, 0.3) is 10.9 Å². The molecule has 33 heavy (non-hydrogen) atoms. The van der Waals surface area contributed by atoms with E-state index in [1.165, 1.54) is 12.1 Å². The van der Waals surface area contributed by atoms with Gasteiger partial charge in [0.2, 0.25) is 0 Å². The van der Waals surface area contributed by atoms with Crippen molar-refractivity contribution in [2.75, 3.05) is 11.9 Å². The van der Waals surface area contributed by atoms with Crippen molar-refractivity contribution in [3.05, 3.63) is 76.3 Å². The Balaban J connectivity index is 1.59. The maximum atomic E-state index is 13.4. The second-order valence-electron chi connectivity index (χ2n) is 7.40. The SMILES string of the molecule is CCOC(=O)c1c(C)c2c(Nc3ccc(OCc4cccc(F)c4)c(Cl)c3)nncc2n1C. The number of carbonyl (C=O) groups excluding carboxylic acids is 1. The maximum Gasteiger partial charge on any atom is 0.355 e. The number of esters is 1. The van der Waals surface area contributed by atoms with Crippen LogP contribution in [0.4, 0.5) is 15.9 Å². The summed E-state index contributed by atoms with van der Waals surface area (Å²) in [5, 5.41) is 12.7. The van der Waals surface area contributed by atoms with Gasteiger partial charge in [0, 0.05) is 18.1 Å². The molecule has 0 spiro atoms. The maximum absolute atomic E-state index is 13.4. The van der Waals surface area contributed by atoms with E-state index in [1.54, 1.807) is 55.1 Å². The van der Waals surface area contributed by atoms with E-state index >= 15 is 0 Å². The highest BCUT2D eigenvalue weighted by Gasteiger charge is 2.22. The predicted molar refractivity (Wildman–Crippen MR) is 125 cm³/mol. The van der Waals surface area contributed by atoms with Crippen LogP contribution >= 0.6 is 11.6 Å². The van der Waals surface area contributed by atoms with Gasteiger partial charge in [0.1, 0.15) is 23.9 Å². The van der Waals surface area contributed by atoms with Crippen LogP contribution in [0.3, 0.4) is 0 Å². The molecular weight excluding hydrogens is 447 g/mol. The van der Waals surface area contributed by atoms with Crippen LogP contribution in [0, 0.1) is 12.7 Å². The van der Waals surface area contributed by atoms with Gasteiger partial charge < -0.3 is 19.4 Å². The molecule has 9 heteroatoms. The minimum absolute atomic E-state index is 0.189. The van der Waals surface area contributed by atoms with Crippen LogP contribution < -0.4 is 10.1 Å². The summed E-state index contributed by atoms with van der Waals surface area (Å²) in [6.45, 7) is 4.08. The van der Waals surface area contributed by atoms with E-state index < -0.39 is 5.97 Å². The van der Waals surface area contributed by atoms with Crippen molar-refractivity contribution in [1.82, 2.24) is 14.8 Å². The number of anilines is 2. The molecular formula is C24H22ClFN4O3. The van der Waals surface area contributed by atoms with Crippen molar-refractivity contribution < 1.29 is 18.7 Å². The van der Waals surface area contributed by atoms with Gasteiger partial charge in [-0.3, -0.25) is 0 Å². The molecule has 1 N–H and O–H groups in total. The predicted octanol–water partition coefficient (Wildman–Crippen LogP) is 5.57. The summed E-state index contributed by atoms with van der Waals surface area (Å²) in [5.74, 6) is 0.235. The average molecular weight is 469 g/mol. The molecule has 0 fully saturated rings. The van der Waals surface area contributed by atoms with Crippen molar-refractivity contribution in [2.24, 2.45) is 7.05 Å². The fourth-order valence-electron chi connectivity index (χ4n) is 3.69. The van der Waals surface area contributed by atoms with E-state index in [2.05, 4.69) is 15.5 Å². The number of hydrogen-bond acceptors (Lipinski definition) is 6. The molecule has 0 radical (unpaired) electrons. The van der Waals surface area contributed by atoms with Crippen molar-refractivity contribution in [1.29, 1.82) is 0 Å². The monoisotopic (exact) mass is 468 g/mol. The van der Waals surface area contributed by atoms with Crippen LogP contribution in [-0.4, -0.2) is 27.3 Å². The van der Waals surface area contributed by atoms with Crippen LogP contribution in [0.15, 0.2) is 48.7 Å². The first kappa shape index (κ1) is 22.5. The summed E-state index contributed by atoms with van der Waals surface area (Å²) in [6, 6.07) is 11.4. The molecule has 0 saturated carbocycles. The molecule has 0 amide bonds. The van der Waals surface area contributed by atoms with Crippen LogP contribution in [0.2, 0.25) is 5.02 Å². The molecule has 2 heterocycles. The number of nitrogens with one attached hydrogen (secondary N) is 1. The molecule has 0 bridgehead atoms. The Morgan fingerprint density at radius 1 is 1.24 bits per heavy atom. The van der Waals surface area contributed by atoms with Crippen LogP contribution in [0.1, 0.15) is 28.5 Å². The molecule has 7 nitrogen and oxygen atoms in total. The minimum Gasteiger partial charge on any atom is -0.487 e. The third kappa shape index (κ3) is 4.61. The number of halogens is 2. The van der Waals surface area contributed by atoms with Crippen molar-refractivity contribution in [2.45, 2.75) is 20.5 Å². The van der Waals surface area contributed by atoms with Crippen molar-refractivity contribution >= 4 is 40.0 Å². The van der Waals surface area contributed by atoms with Gasteiger partial charge in [0.15, 0.2) is 5.82 Å². The quantitative estimate of drug-likeness (QED) is 0.357. The Morgan fingerprint density at radius 3 is 2.79 bits per heavy atom. The number of aromatic nitrogens is 3. The number of rotatable bonds is 7. The zero-order valence-electron chi connectivity index (χ0n) is 18.4. The lowest BCUT2D eigenvalue weighted by molar-refractivity contribution is 0.0515. The lowest BCUT2D eigenvalue weighted by atomic mass is 10.2. The van der Waals surface area contributed by atoms with Gasteiger partial charge in [-0.15, -0.1) is 5.10 Å². The molecule has 4 rings (SSSR count).